The quantitative estimate of drug-likeness (QED) is 0.572. The van der Waals surface area contributed by atoms with E-state index in [0.29, 0.717) is 0 Å². The van der Waals surface area contributed by atoms with Gasteiger partial charge in [-0.05, 0) is 37.6 Å². The first-order valence-corrected chi connectivity index (χ1v) is 9.12. The zero-order valence-corrected chi connectivity index (χ0v) is 15.8. The van der Waals surface area contributed by atoms with Crippen LogP contribution in [0.25, 0.3) is 5.69 Å². The second-order valence-corrected chi connectivity index (χ2v) is 8.06. The van der Waals surface area contributed by atoms with Crippen LogP contribution in [0.2, 0.25) is 0 Å². The summed E-state index contributed by atoms with van der Waals surface area (Å²) in [5.74, 6) is 0. The molecule has 24 heavy (non-hydrogen) atoms. The molecule has 0 aliphatic heterocycles. The van der Waals surface area contributed by atoms with E-state index in [-0.39, 0.29) is 5.41 Å². The molecule has 0 saturated carbocycles. The molecule has 0 aliphatic rings. The van der Waals surface area contributed by atoms with Gasteiger partial charge in [0.15, 0.2) is 4.80 Å². The Morgan fingerprint density at radius 2 is 1.67 bits per heavy atom. The van der Waals surface area contributed by atoms with Gasteiger partial charge in [-0.2, -0.15) is 0 Å². The highest BCUT2D eigenvalue weighted by Crippen LogP contribution is 2.26. The maximum atomic E-state index is 4.97. The maximum absolute atomic E-state index is 4.97. The Hall–Kier alpha value is -2.13. The molecule has 0 amide bonds. The number of para-hydroxylation sites is 1. The van der Waals surface area contributed by atoms with Gasteiger partial charge in [-0.25, -0.2) is 4.99 Å². The van der Waals surface area contributed by atoms with Crippen molar-refractivity contribution in [3.63, 3.8) is 0 Å². The van der Waals surface area contributed by atoms with E-state index < -0.39 is 0 Å². The van der Waals surface area contributed by atoms with Crippen molar-refractivity contribution >= 4 is 17.0 Å². The molecule has 0 bridgehead atoms. The second kappa shape index (κ2) is 6.40. The largest absolute Gasteiger partial charge is 0.289 e. The molecule has 1 aromatic heterocycles. The van der Waals surface area contributed by atoms with Gasteiger partial charge in [0.05, 0.1) is 5.69 Å². The fourth-order valence-electron chi connectivity index (χ4n) is 2.77. The summed E-state index contributed by atoms with van der Waals surface area (Å²) in [5, 5.41) is 2.23. The summed E-state index contributed by atoms with van der Waals surface area (Å²) >= 11 is 1.70. The van der Waals surface area contributed by atoms with Gasteiger partial charge in [-0.15, -0.1) is 11.3 Å². The minimum absolute atomic E-state index is 0.0580. The Morgan fingerprint density at radius 3 is 2.29 bits per heavy atom. The lowest BCUT2D eigenvalue weighted by Gasteiger charge is -2.21. The van der Waals surface area contributed by atoms with Crippen molar-refractivity contribution in [1.82, 2.24) is 4.57 Å². The van der Waals surface area contributed by atoms with Crippen LogP contribution in [0.3, 0.4) is 0 Å². The fourth-order valence-corrected chi connectivity index (χ4v) is 3.90. The molecule has 0 atom stereocenters. The highest BCUT2D eigenvalue weighted by Gasteiger charge is 2.20. The van der Waals surface area contributed by atoms with E-state index in [0.717, 1.165) is 16.2 Å². The van der Waals surface area contributed by atoms with Crippen molar-refractivity contribution < 1.29 is 0 Å². The predicted octanol–water partition coefficient (Wildman–Crippen LogP) is 5.69. The van der Waals surface area contributed by atoms with Crippen molar-refractivity contribution in [3.05, 3.63) is 75.5 Å². The Kier molecular flexibility index (Phi) is 4.46. The van der Waals surface area contributed by atoms with Crippen LogP contribution in [0, 0.1) is 13.8 Å². The number of nitrogens with zero attached hydrogens (tertiary/aromatic N) is 2. The van der Waals surface area contributed by atoms with E-state index in [2.05, 4.69) is 87.0 Å². The molecule has 0 spiro atoms. The minimum Gasteiger partial charge on any atom is -0.289 e. The highest BCUT2D eigenvalue weighted by atomic mass is 32.1. The predicted molar refractivity (Wildman–Crippen MR) is 103 cm³/mol. The number of aryl methyl sites for hydroxylation is 2. The molecule has 3 heteroatoms. The molecule has 2 nitrogen and oxygen atoms in total. The van der Waals surface area contributed by atoms with Crippen LogP contribution in [0.15, 0.2) is 58.9 Å². The summed E-state index contributed by atoms with van der Waals surface area (Å²) in [7, 11) is 0. The maximum Gasteiger partial charge on any atom is 0.194 e. The van der Waals surface area contributed by atoms with Gasteiger partial charge < -0.3 is 0 Å². The van der Waals surface area contributed by atoms with Crippen molar-refractivity contribution in [3.8, 4) is 5.69 Å². The van der Waals surface area contributed by atoms with Crippen LogP contribution < -0.4 is 4.80 Å². The van der Waals surface area contributed by atoms with Crippen molar-refractivity contribution in [1.29, 1.82) is 0 Å². The Balaban J connectivity index is 2.26. The third kappa shape index (κ3) is 3.36. The summed E-state index contributed by atoms with van der Waals surface area (Å²) in [6, 6.07) is 16.9. The zero-order chi connectivity index (χ0) is 17.3. The number of thiazole rings is 1. The summed E-state index contributed by atoms with van der Waals surface area (Å²) in [6.45, 7) is 11.0. The van der Waals surface area contributed by atoms with Gasteiger partial charge >= 0.3 is 0 Å². The van der Waals surface area contributed by atoms with E-state index in [1.165, 1.54) is 16.8 Å². The SMILES string of the molecule is Cc1ccc(N=c2scc(C(C)(C)C)n2-c2ccccc2)c(C)c1. The molecule has 0 aliphatic carbocycles. The van der Waals surface area contributed by atoms with Crippen LogP contribution in [0.5, 0.6) is 0 Å². The normalized spacial score (nSPS) is 12.6. The van der Waals surface area contributed by atoms with E-state index >= 15 is 0 Å². The molecular formula is C21H24N2S. The molecule has 0 radical (unpaired) electrons. The monoisotopic (exact) mass is 336 g/mol. The molecule has 3 aromatic rings. The molecule has 0 unspecified atom stereocenters. The van der Waals surface area contributed by atoms with Crippen LogP contribution in [-0.2, 0) is 5.41 Å². The average Bonchev–Trinajstić information content (AvgIpc) is 2.95. The van der Waals surface area contributed by atoms with Gasteiger partial charge in [0.1, 0.15) is 0 Å². The smallest absolute Gasteiger partial charge is 0.194 e. The molecule has 0 N–H and O–H groups in total. The number of hydrogen-bond acceptors (Lipinski definition) is 2. The third-order valence-corrected chi connectivity index (χ3v) is 4.89. The molecule has 1 heterocycles. The Bertz CT molecular complexity index is 909. The van der Waals surface area contributed by atoms with E-state index in [4.69, 9.17) is 4.99 Å². The molecule has 0 saturated heterocycles. The van der Waals surface area contributed by atoms with E-state index in [9.17, 15) is 0 Å². The second-order valence-electron chi connectivity index (χ2n) is 7.23. The highest BCUT2D eigenvalue weighted by molar-refractivity contribution is 7.07. The molecule has 2 aromatic carbocycles. The first-order valence-electron chi connectivity index (χ1n) is 8.25. The van der Waals surface area contributed by atoms with Gasteiger partial charge in [0.25, 0.3) is 0 Å². The van der Waals surface area contributed by atoms with E-state index in [1.807, 2.05) is 6.07 Å². The van der Waals surface area contributed by atoms with Crippen molar-refractivity contribution in [2.24, 2.45) is 4.99 Å². The fraction of sp³-hybridized carbons (Fsp3) is 0.286. The summed E-state index contributed by atoms with van der Waals surface area (Å²) in [5.41, 5.74) is 6.01. The molecule has 0 fully saturated rings. The topological polar surface area (TPSA) is 17.3 Å². The number of benzene rings is 2. The van der Waals surface area contributed by atoms with Crippen molar-refractivity contribution in [2.45, 2.75) is 40.0 Å². The lowest BCUT2D eigenvalue weighted by Crippen LogP contribution is -2.23. The van der Waals surface area contributed by atoms with Crippen LogP contribution in [0.1, 0.15) is 37.6 Å². The summed E-state index contributed by atoms with van der Waals surface area (Å²) < 4.78 is 2.28. The first kappa shape index (κ1) is 16.7. The third-order valence-electron chi connectivity index (χ3n) is 4.06. The lowest BCUT2D eigenvalue weighted by atomic mass is 9.93. The molecule has 3 rings (SSSR count). The van der Waals surface area contributed by atoms with Gasteiger partial charge in [0, 0.05) is 22.2 Å². The lowest BCUT2D eigenvalue weighted by molar-refractivity contribution is 0.553. The molecular weight excluding hydrogens is 312 g/mol. The summed E-state index contributed by atoms with van der Waals surface area (Å²) in [4.78, 5) is 5.99. The summed E-state index contributed by atoms with van der Waals surface area (Å²) in [6.07, 6.45) is 0. The minimum atomic E-state index is 0.0580. The standard InChI is InChI=1S/C21H24N2S/c1-15-11-12-18(16(2)13-15)22-20-23(17-9-7-6-8-10-17)19(14-24-20)21(3,4)5/h6-14H,1-5H3. The van der Waals surface area contributed by atoms with Crippen LogP contribution in [0.4, 0.5) is 5.69 Å². The number of hydrogen-bond donors (Lipinski definition) is 0. The van der Waals surface area contributed by atoms with Gasteiger partial charge in [-0.1, -0.05) is 56.7 Å². The first-order chi connectivity index (χ1) is 11.4. The van der Waals surface area contributed by atoms with Crippen LogP contribution >= 0.6 is 11.3 Å². The Morgan fingerprint density at radius 1 is 0.958 bits per heavy atom. The average molecular weight is 337 g/mol. The zero-order valence-electron chi connectivity index (χ0n) is 15.0. The Labute approximate surface area is 148 Å². The van der Waals surface area contributed by atoms with Crippen LogP contribution in [-0.4, -0.2) is 4.57 Å². The number of rotatable bonds is 2. The van der Waals surface area contributed by atoms with Gasteiger partial charge in [0.2, 0.25) is 0 Å². The van der Waals surface area contributed by atoms with E-state index in [1.54, 1.807) is 11.3 Å². The molecule has 124 valence electrons. The van der Waals surface area contributed by atoms with Crippen molar-refractivity contribution in [2.75, 3.05) is 0 Å². The van der Waals surface area contributed by atoms with Gasteiger partial charge in [-0.3, -0.25) is 4.57 Å². The number of aromatic nitrogens is 1.